The molecule has 0 N–H and O–H groups in total. The van der Waals surface area contributed by atoms with Crippen LogP contribution in [0.1, 0.15) is 16.9 Å². The molecule has 0 unspecified atom stereocenters. The summed E-state index contributed by atoms with van der Waals surface area (Å²) in [6, 6.07) is 17.5. The summed E-state index contributed by atoms with van der Waals surface area (Å²) >= 11 is 0. The Balaban J connectivity index is 1.71. The van der Waals surface area contributed by atoms with Crippen LogP contribution in [0.2, 0.25) is 0 Å². The van der Waals surface area contributed by atoms with Gasteiger partial charge < -0.3 is 18.6 Å². The Kier molecular flexibility index (Phi) is 6.00. The molecule has 0 saturated carbocycles. The minimum atomic E-state index is -4.95. The van der Waals surface area contributed by atoms with E-state index in [1.54, 1.807) is 0 Å². The van der Waals surface area contributed by atoms with E-state index in [9.17, 15) is 18.0 Å². The van der Waals surface area contributed by atoms with Gasteiger partial charge in [-0.05, 0) is 54.4 Å². The molecule has 0 spiro atoms. The molecule has 170 valence electrons. The van der Waals surface area contributed by atoms with Crippen molar-refractivity contribution in [3.8, 4) is 23.0 Å². The lowest BCUT2D eigenvalue weighted by Crippen LogP contribution is -2.15. The third-order valence-corrected chi connectivity index (χ3v) is 5.01. The summed E-state index contributed by atoms with van der Waals surface area (Å²) in [5, 5.41) is -0.0604. The van der Waals surface area contributed by atoms with Crippen LogP contribution in [0, 0.1) is 6.92 Å². The second kappa shape index (κ2) is 8.90. The summed E-state index contributed by atoms with van der Waals surface area (Å²) in [5.41, 5.74) is 0.754. The molecule has 4 rings (SSSR count). The van der Waals surface area contributed by atoms with E-state index in [0.29, 0.717) is 5.75 Å². The molecule has 4 aromatic rings. The first-order valence-corrected chi connectivity index (χ1v) is 9.93. The zero-order valence-corrected chi connectivity index (χ0v) is 17.7. The van der Waals surface area contributed by atoms with Crippen molar-refractivity contribution >= 4 is 11.0 Å². The van der Waals surface area contributed by atoms with E-state index in [4.69, 9.17) is 18.6 Å². The van der Waals surface area contributed by atoms with Crippen LogP contribution in [0.15, 0.2) is 75.9 Å². The molecule has 0 aliphatic heterocycles. The van der Waals surface area contributed by atoms with Crippen molar-refractivity contribution in [2.75, 3.05) is 7.11 Å². The minimum absolute atomic E-state index is 0.0335. The van der Waals surface area contributed by atoms with Gasteiger partial charge in [-0.15, -0.1) is 0 Å². The number of halogens is 3. The first-order valence-electron chi connectivity index (χ1n) is 9.93. The Bertz CT molecular complexity index is 1340. The van der Waals surface area contributed by atoms with Gasteiger partial charge in [0, 0.05) is 6.07 Å². The lowest BCUT2D eigenvalue weighted by atomic mass is 10.1. The summed E-state index contributed by atoms with van der Waals surface area (Å²) in [5.74, 6) is -1.67. The lowest BCUT2D eigenvalue weighted by Gasteiger charge is -2.14. The van der Waals surface area contributed by atoms with E-state index in [-0.39, 0.29) is 29.1 Å². The van der Waals surface area contributed by atoms with Gasteiger partial charge in [0.2, 0.25) is 11.2 Å². The number of hydrogen-bond acceptors (Lipinski definition) is 5. The Morgan fingerprint density at radius 1 is 0.909 bits per heavy atom. The number of methoxy groups -OCH3 is 1. The van der Waals surface area contributed by atoms with Crippen LogP contribution in [0.25, 0.3) is 11.0 Å². The zero-order chi connectivity index (χ0) is 23.6. The van der Waals surface area contributed by atoms with E-state index < -0.39 is 23.1 Å². The lowest BCUT2D eigenvalue weighted by molar-refractivity contribution is -0.154. The zero-order valence-electron chi connectivity index (χ0n) is 17.7. The molecule has 3 aromatic carbocycles. The predicted octanol–water partition coefficient (Wildman–Crippen LogP) is 6.50. The predicted molar refractivity (Wildman–Crippen MR) is 116 cm³/mol. The number of hydrogen-bond donors (Lipinski definition) is 0. The molecule has 8 heteroatoms. The Labute approximate surface area is 186 Å². The highest BCUT2D eigenvalue weighted by Crippen LogP contribution is 2.39. The number of fused-ring (bicyclic) bond motifs is 1. The van der Waals surface area contributed by atoms with Gasteiger partial charge in [-0.25, -0.2) is 0 Å². The topological polar surface area (TPSA) is 57.9 Å². The van der Waals surface area contributed by atoms with Crippen LogP contribution in [-0.2, 0) is 12.8 Å². The van der Waals surface area contributed by atoms with Crippen LogP contribution in [0.4, 0.5) is 13.2 Å². The van der Waals surface area contributed by atoms with Crippen LogP contribution >= 0.6 is 0 Å². The number of alkyl halides is 3. The summed E-state index contributed by atoms with van der Waals surface area (Å²) in [6.45, 7) is 2.14. The van der Waals surface area contributed by atoms with E-state index in [1.165, 1.54) is 49.6 Å². The van der Waals surface area contributed by atoms with Crippen molar-refractivity contribution in [1.29, 1.82) is 0 Å². The first kappa shape index (κ1) is 22.3. The number of ether oxygens (including phenoxy) is 3. The highest BCUT2D eigenvalue weighted by atomic mass is 19.4. The van der Waals surface area contributed by atoms with Gasteiger partial charge in [0.15, 0.2) is 0 Å². The van der Waals surface area contributed by atoms with Crippen molar-refractivity contribution in [2.24, 2.45) is 0 Å². The summed E-state index contributed by atoms with van der Waals surface area (Å²) < 4.78 is 62.3. The fraction of sp³-hybridized carbons (Fsp3) is 0.160. The smallest absolute Gasteiger partial charge is 0.453 e. The monoisotopic (exact) mass is 456 g/mol. The third-order valence-electron chi connectivity index (χ3n) is 5.01. The fourth-order valence-electron chi connectivity index (χ4n) is 3.22. The molecule has 5 nitrogen and oxygen atoms in total. The second-order valence-electron chi connectivity index (χ2n) is 7.24. The van der Waals surface area contributed by atoms with Gasteiger partial charge in [0.25, 0.3) is 5.76 Å². The maximum atomic E-state index is 13.7. The normalized spacial score (nSPS) is 11.4. The average molecular weight is 456 g/mol. The summed E-state index contributed by atoms with van der Waals surface area (Å²) in [4.78, 5) is 12.9. The standard InChI is InChI=1S/C25H19F3O5/c1-15-5-3-4-6-16(15)14-31-19-11-12-20-21(13-19)33-24(25(26,27)28)23(22(20)29)32-18-9-7-17(30-2)8-10-18/h3-13H,14H2,1-2H3. The molecule has 0 bridgehead atoms. The number of rotatable bonds is 6. The van der Waals surface area contributed by atoms with Crippen molar-refractivity contribution < 1.29 is 31.8 Å². The molecule has 0 aliphatic rings. The maximum absolute atomic E-state index is 13.7. The molecule has 0 saturated heterocycles. The van der Waals surface area contributed by atoms with Crippen molar-refractivity contribution in [3.05, 3.63) is 93.8 Å². The summed E-state index contributed by atoms with van der Waals surface area (Å²) in [6.07, 6.45) is -4.95. The highest BCUT2D eigenvalue weighted by molar-refractivity contribution is 5.79. The largest absolute Gasteiger partial charge is 0.497 e. The number of aryl methyl sites for hydroxylation is 1. The molecule has 1 heterocycles. The van der Waals surface area contributed by atoms with Crippen molar-refractivity contribution in [1.82, 2.24) is 0 Å². The molecule has 0 radical (unpaired) electrons. The van der Waals surface area contributed by atoms with Gasteiger partial charge in [-0.1, -0.05) is 24.3 Å². The van der Waals surface area contributed by atoms with E-state index in [1.807, 2.05) is 31.2 Å². The quantitative estimate of drug-likeness (QED) is 0.332. The van der Waals surface area contributed by atoms with Crippen LogP contribution in [0.5, 0.6) is 23.0 Å². The highest BCUT2D eigenvalue weighted by Gasteiger charge is 2.40. The second-order valence-corrected chi connectivity index (χ2v) is 7.24. The van der Waals surface area contributed by atoms with Gasteiger partial charge in [-0.2, -0.15) is 13.2 Å². The Morgan fingerprint density at radius 2 is 1.58 bits per heavy atom. The van der Waals surface area contributed by atoms with Gasteiger partial charge in [0.1, 0.15) is 29.4 Å². The molecule has 1 aromatic heterocycles. The van der Waals surface area contributed by atoms with Crippen molar-refractivity contribution in [2.45, 2.75) is 19.7 Å². The van der Waals surface area contributed by atoms with Gasteiger partial charge in [-0.3, -0.25) is 4.79 Å². The first-order chi connectivity index (χ1) is 15.8. The van der Waals surface area contributed by atoms with E-state index >= 15 is 0 Å². The van der Waals surface area contributed by atoms with Crippen LogP contribution < -0.4 is 19.6 Å². The van der Waals surface area contributed by atoms with E-state index in [2.05, 4.69) is 0 Å². The van der Waals surface area contributed by atoms with E-state index in [0.717, 1.165) is 11.1 Å². The van der Waals surface area contributed by atoms with Crippen LogP contribution in [-0.4, -0.2) is 7.11 Å². The molecular formula is C25H19F3O5. The molecule has 0 fully saturated rings. The van der Waals surface area contributed by atoms with Crippen molar-refractivity contribution in [3.63, 3.8) is 0 Å². The maximum Gasteiger partial charge on any atom is 0.453 e. The fourth-order valence-corrected chi connectivity index (χ4v) is 3.22. The molecule has 0 atom stereocenters. The number of benzene rings is 3. The SMILES string of the molecule is COc1ccc(Oc2c(C(F)(F)F)oc3cc(OCc4ccccc4C)ccc3c2=O)cc1. The van der Waals surface area contributed by atoms with Crippen LogP contribution in [0.3, 0.4) is 0 Å². The average Bonchev–Trinajstić information content (AvgIpc) is 2.80. The molecule has 33 heavy (non-hydrogen) atoms. The summed E-state index contributed by atoms with van der Waals surface area (Å²) in [7, 11) is 1.45. The Hall–Kier alpha value is -3.94. The molecule has 0 amide bonds. The van der Waals surface area contributed by atoms with Gasteiger partial charge >= 0.3 is 6.18 Å². The third kappa shape index (κ3) is 4.79. The molecular weight excluding hydrogens is 437 g/mol. The Morgan fingerprint density at radius 3 is 2.24 bits per heavy atom. The molecule has 0 aliphatic carbocycles. The van der Waals surface area contributed by atoms with Gasteiger partial charge in [0.05, 0.1) is 12.5 Å². The minimum Gasteiger partial charge on any atom is -0.497 e.